The molecular weight excluding hydrogens is 326 g/mol. The number of alkyl carbamates (subject to hydrolysis) is 1. The van der Waals surface area contributed by atoms with E-state index in [1.54, 1.807) is 0 Å². The molecule has 1 atom stereocenters. The Labute approximate surface area is 146 Å². The van der Waals surface area contributed by atoms with Crippen molar-refractivity contribution in [3.05, 3.63) is 41.8 Å². The van der Waals surface area contributed by atoms with Crippen LogP contribution in [0.5, 0.6) is 0 Å². The first kappa shape index (κ1) is 18.3. The van der Waals surface area contributed by atoms with Gasteiger partial charge in [-0.05, 0) is 32.1 Å². The van der Waals surface area contributed by atoms with Gasteiger partial charge in [0.1, 0.15) is 11.6 Å². The topological polar surface area (TPSA) is 77.2 Å². The fourth-order valence-electron chi connectivity index (χ4n) is 2.04. The minimum absolute atomic E-state index is 0.376. The van der Waals surface area contributed by atoms with E-state index in [0.29, 0.717) is 17.5 Å². The molecule has 1 N–H and O–H groups in total. The first-order valence-electron chi connectivity index (χ1n) is 7.87. The molecule has 0 aliphatic heterocycles. The molecule has 0 spiro atoms. The molecule has 0 unspecified atom stereocenters. The van der Waals surface area contributed by atoms with E-state index in [4.69, 9.17) is 9.15 Å². The molecule has 24 heavy (non-hydrogen) atoms. The van der Waals surface area contributed by atoms with E-state index in [0.717, 1.165) is 11.3 Å². The van der Waals surface area contributed by atoms with Crippen molar-refractivity contribution < 1.29 is 13.9 Å². The molecule has 1 amide bonds. The average Bonchev–Trinajstić information content (AvgIpc) is 2.95. The molecule has 1 aromatic carbocycles. The van der Waals surface area contributed by atoms with E-state index in [1.165, 1.54) is 11.8 Å². The lowest BCUT2D eigenvalue weighted by Crippen LogP contribution is -2.36. The predicted octanol–water partition coefficient (Wildman–Crippen LogP) is 3.99. The summed E-state index contributed by atoms with van der Waals surface area (Å²) in [5.41, 5.74) is 0.487. The van der Waals surface area contributed by atoms with Gasteiger partial charge in [-0.3, -0.25) is 0 Å². The van der Waals surface area contributed by atoms with Crippen molar-refractivity contribution >= 4 is 17.9 Å². The fourth-order valence-corrected chi connectivity index (χ4v) is 2.53. The molecule has 2 rings (SSSR count). The maximum atomic E-state index is 12.1. The van der Waals surface area contributed by atoms with E-state index in [-0.39, 0.29) is 0 Å². The Morgan fingerprint density at radius 3 is 2.62 bits per heavy atom. The molecule has 0 aliphatic carbocycles. The zero-order valence-electron chi connectivity index (χ0n) is 14.4. The molecule has 0 bridgehead atoms. The Morgan fingerprint density at radius 2 is 2.00 bits per heavy atom. The summed E-state index contributed by atoms with van der Waals surface area (Å²) in [6.45, 7) is 7.47. The maximum Gasteiger partial charge on any atom is 0.408 e. The highest BCUT2D eigenvalue weighted by atomic mass is 32.2. The Bertz CT molecular complexity index is 653. The molecule has 6 nitrogen and oxygen atoms in total. The van der Waals surface area contributed by atoms with Crippen LogP contribution in [-0.2, 0) is 11.2 Å². The first-order chi connectivity index (χ1) is 11.4. The van der Waals surface area contributed by atoms with E-state index in [1.807, 2.05) is 58.0 Å². The van der Waals surface area contributed by atoms with Crippen molar-refractivity contribution in [2.45, 2.75) is 51.0 Å². The molecule has 0 saturated heterocycles. The number of thioether (sulfide) groups is 1. The minimum Gasteiger partial charge on any atom is -0.444 e. The molecule has 0 fully saturated rings. The average molecular weight is 349 g/mol. The van der Waals surface area contributed by atoms with Crippen molar-refractivity contribution in [2.24, 2.45) is 0 Å². The third-order valence-corrected chi connectivity index (χ3v) is 3.66. The van der Waals surface area contributed by atoms with Crippen molar-refractivity contribution in [3.63, 3.8) is 0 Å². The Balaban J connectivity index is 2.15. The van der Waals surface area contributed by atoms with Crippen LogP contribution in [0.4, 0.5) is 4.79 Å². The van der Waals surface area contributed by atoms with Crippen LogP contribution in [-0.4, -0.2) is 27.6 Å². The quantitative estimate of drug-likeness (QED) is 0.795. The smallest absolute Gasteiger partial charge is 0.408 e. The van der Waals surface area contributed by atoms with Gasteiger partial charge in [0.25, 0.3) is 5.22 Å². The van der Waals surface area contributed by atoms with Gasteiger partial charge < -0.3 is 14.5 Å². The van der Waals surface area contributed by atoms with Gasteiger partial charge in [0.2, 0.25) is 5.89 Å². The van der Waals surface area contributed by atoms with Gasteiger partial charge in [0.15, 0.2) is 0 Å². The summed E-state index contributed by atoms with van der Waals surface area (Å²) in [5.74, 6) is 1.21. The number of rotatable bonds is 6. The van der Waals surface area contributed by atoms with Crippen LogP contribution in [0.3, 0.4) is 0 Å². The van der Waals surface area contributed by atoms with E-state index < -0.39 is 17.7 Å². The highest BCUT2D eigenvalue weighted by molar-refractivity contribution is 7.99. The zero-order chi connectivity index (χ0) is 17.6. The number of ether oxygens (including phenoxy) is 1. The molecule has 7 heteroatoms. The molecule has 0 radical (unpaired) electrons. The second-order valence-electron chi connectivity index (χ2n) is 6.23. The summed E-state index contributed by atoms with van der Waals surface area (Å²) >= 11 is 1.46. The molecule has 0 aliphatic rings. The van der Waals surface area contributed by atoms with Crippen LogP contribution in [0.25, 0.3) is 0 Å². The first-order valence-corrected chi connectivity index (χ1v) is 8.85. The summed E-state index contributed by atoms with van der Waals surface area (Å²) in [7, 11) is 0. The Kier molecular flexibility index (Phi) is 6.25. The highest BCUT2D eigenvalue weighted by Crippen LogP contribution is 2.22. The van der Waals surface area contributed by atoms with Gasteiger partial charge in [-0.15, -0.1) is 10.2 Å². The summed E-state index contributed by atoms with van der Waals surface area (Å²) in [4.78, 5) is 12.1. The summed E-state index contributed by atoms with van der Waals surface area (Å²) in [6.07, 6.45) is 0.0322. The van der Waals surface area contributed by atoms with E-state index in [9.17, 15) is 4.79 Å². The molecule has 1 aromatic heterocycles. The van der Waals surface area contributed by atoms with Gasteiger partial charge >= 0.3 is 6.09 Å². The van der Waals surface area contributed by atoms with Crippen molar-refractivity contribution in [3.8, 4) is 0 Å². The predicted molar refractivity (Wildman–Crippen MR) is 93.0 cm³/mol. The monoisotopic (exact) mass is 349 g/mol. The number of nitrogens with zero attached hydrogens (tertiary/aromatic N) is 2. The number of hydrogen-bond donors (Lipinski definition) is 1. The Morgan fingerprint density at radius 1 is 1.29 bits per heavy atom. The number of amides is 1. The summed E-state index contributed by atoms with van der Waals surface area (Å²) in [5, 5.41) is 11.4. The number of carbonyl (C=O) groups is 1. The molecule has 130 valence electrons. The van der Waals surface area contributed by atoms with Crippen LogP contribution >= 0.6 is 11.8 Å². The van der Waals surface area contributed by atoms with Crippen molar-refractivity contribution in [1.29, 1.82) is 0 Å². The molecule has 0 saturated carbocycles. The van der Waals surface area contributed by atoms with Crippen LogP contribution in [0.2, 0.25) is 0 Å². The number of hydrogen-bond acceptors (Lipinski definition) is 6. The lowest BCUT2D eigenvalue weighted by molar-refractivity contribution is 0.0494. The summed E-state index contributed by atoms with van der Waals surface area (Å²) < 4.78 is 11.0. The molecular formula is C17H23N3O3S. The highest BCUT2D eigenvalue weighted by Gasteiger charge is 2.24. The summed E-state index contributed by atoms with van der Waals surface area (Å²) in [6, 6.07) is 9.38. The van der Waals surface area contributed by atoms with Gasteiger partial charge in [-0.25, -0.2) is 4.79 Å². The van der Waals surface area contributed by atoms with Gasteiger partial charge in [0, 0.05) is 6.42 Å². The van der Waals surface area contributed by atoms with Gasteiger partial charge in [-0.2, -0.15) is 0 Å². The SMILES string of the molecule is CCSc1nnc([C@H](Cc2ccccc2)NC(=O)OC(C)(C)C)o1. The lowest BCUT2D eigenvalue weighted by atomic mass is 10.1. The molecule has 1 heterocycles. The van der Waals surface area contributed by atoms with Crippen molar-refractivity contribution in [2.75, 3.05) is 5.75 Å². The van der Waals surface area contributed by atoms with Crippen molar-refractivity contribution in [1.82, 2.24) is 15.5 Å². The standard InChI is InChI=1S/C17H23N3O3S/c1-5-24-16-20-19-14(22-16)13(11-12-9-7-6-8-10-12)18-15(21)23-17(2,3)4/h6-10,13H,5,11H2,1-4H3,(H,18,21)/t13-/m0/s1. The van der Waals surface area contributed by atoms with Gasteiger partial charge in [-0.1, -0.05) is 49.0 Å². The van der Waals surface area contributed by atoms with Crippen LogP contribution in [0.15, 0.2) is 40.0 Å². The largest absolute Gasteiger partial charge is 0.444 e. The minimum atomic E-state index is -0.570. The van der Waals surface area contributed by atoms with Gasteiger partial charge in [0.05, 0.1) is 0 Å². The second-order valence-corrected chi connectivity index (χ2v) is 7.44. The van der Waals surface area contributed by atoms with Crippen LogP contribution in [0, 0.1) is 0 Å². The number of carbonyl (C=O) groups excluding carboxylic acids is 1. The lowest BCUT2D eigenvalue weighted by Gasteiger charge is -2.22. The van der Waals surface area contributed by atoms with Crippen LogP contribution < -0.4 is 5.32 Å². The Hall–Kier alpha value is -2.02. The second kappa shape index (κ2) is 8.19. The normalized spacial score (nSPS) is 12.7. The molecule has 2 aromatic rings. The number of aromatic nitrogens is 2. The number of nitrogens with one attached hydrogen (secondary N) is 1. The zero-order valence-corrected chi connectivity index (χ0v) is 15.2. The van der Waals surface area contributed by atoms with E-state index >= 15 is 0 Å². The third-order valence-electron chi connectivity index (χ3n) is 2.96. The van der Waals surface area contributed by atoms with E-state index in [2.05, 4.69) is 15.5 Å². The van der Waals surface area contributed by atoms with Crippen LogP contribution in [0.1, 0.15) is 45.2 Å². The third kappa shape index (κ3) is 5.88. The maximum absolute atomic E-state index is 12.1. The fraction of sp³-hybridized carbons (Fsp3) is 0.471. The number of benzene rings is 1.